The van der Waals surface area contributed by atoms with E-state index in [1.54, 1.807) is 0 Å². The maximum absolute atomic E-state index is 11.5. The van der Waals surface area contributed by atoms with Gasteiger partial charge in [-0.2, -0.15) is 0 Å². The molecule has 0 aliphatic rings. The molecule has 3 nitrogen and oxygen atoms in total. The maximum atomic E-state index is 11.5. The number of hydrogen-bond acceptors (Lipinski definition) is 3. The molecule has 0 bridgehead atoms. The summed E-state index contributed by atoms with van der Waals surface area (Å²) in [6, 6.07) is 10.8. The van der Waals surface area contributed by atoms with Crippen LogP contribution in [-0.4, -0.2) is 19.9 Å². The average molecular weight is 312 g/mol. The zero-order valence-electron chi connectivity index (χ0n) is 14.1. The van der Waals surface area contributed by atoms with Gasteiger partial charge in [-0.25, -0.2) is 0 Å². The van der Waals surface area contributed by atoms with Gasteiger partial charge >= 0.3 is 5.97 Å². The highest BCUT2D eigenvalue weighted by atomic mass is 16.7. The number of carbonyl (C=O) groups excluding carboxylic acids is 1. The Kier molecular flexibility index (Phi) is 6.36. The molecule has 2 rings (SSSR count). The lowest BCUT2D eigenvalue weighted by atomic mass is 9.98. The molecule has 122 valence electrons. The summed E-state index contributed by atoms with van der Waals surface area (Å²) in [5.74, 6) is -0.211. The van der Waals surface area contributed by atoms with E-state index in [-0.39, 0.29) is 12.8 Å². The zero-order chi connectivity index (χ0) is 16.7. The lowest BCUT2D eigenvalue weighted by Crippen LogP contribution is -2.23. The molecule has 3 heteroatoms. The van der Waals surface area contributed by atoms with Crippen LogP contribution >= 0.6 is 0 Å². The van der Waals surface area contributed by atoms with Gasteiger partial charge in [0.05, 0.1) is 0 Å². The van der Waals surface area contributed by atoms with Crippen LogP contribution in [0.25, 0.3) is 22.9 Å². The Hall–Kier alpha value is -2.13. The van der Waals surface area contributed by atoms with Crippen molar-refractivity contribution in [1.29, 1.82) is 0 Å². The number of fused-ring (bicyclic) bond motifs is 1. The Balaban J connectivity index is 2.20. The van der Waals surface area contributed by atoms with E-state index >= 15 is 0 Å². The van der Waals surface area contributed by atoms with Gasteiger partial charge in [-0.3, -0.25) is 4.79 Å². The third kappa shape index (κ3) is 4.42. The maximum Gasteiger partial charge on any atom is 0.307 e. The SMILES string of the molecule is C/C=c1/cc2cccc(CCCC(=O)OCOC)c2c/c1=C/C. The van der Waals surface area contributed by atoms with Gasteiger partial charge in [-0.1, -0.05) is 30.4 Å². The molecule has 0 unspecified atom stereocenters. The molecule has 0 aliphatic heterocycles. The summed E-state index contributed by atoms with van der Waals surface area (Å²) >= 11 is 0. The number of methoxy groups -OCH3 is 1. The van der Waals surface area contributed by atoms with E-state index in [9.17, 15) is 4.79 Å². The summed E-state index contributed by atoms with van der Waals surface area (Å²) in [5, 5.41) is 4.99. The highest BCUT2D eigenvalue weighted by Gasteiger charge is 2.05. The standard InChI is InChI=1S/C20H24O3/c1-4-15-12-18-10-6-8-17(19(18)13-16(15)5-2)9-7-11-20(21)23-14-22-3/h4-6,8,10,12-13H,7,9,11,14H2,1-3H3/b15-4-,16-5-. The number of benzene rings is 2. The van der Waals surface area contributed by atoms with Crippen molar-refractivity contribution in [2.45, 2.75) is 33.1 Å². The van der Waals surface area contributed by atoms with E-state index in [0.717, 1.165) is 12.8 Å². The first-order chi connectivity index (χ1) is 11.2. The van der Waals surface area contributed by atoms with E-state index in [0.29, 0.717) is 6.42 Å². The smallest absolute Gasteiger partial charge is 0.307 e. The minimum atomic E-state index is -0.211. The first-order valence-electron chi connectivity index (χ1n) is 7.98. The number of rotatable bonds is 6. The van der Waals surface area contributed by atoms with Gasteiger partial charge in [0.15, 0.2) is 6.79 Å². The lowest BCUT2D eigenvalue weighted by molar-refractivity contribution is -0.154. The number of esters is 1. The number of hydrogen-bond donors (Lipinski definition) is 0. The molecule has 0 radical (unpaired) electrons. The molecule has 0 saturated carbocycles. The van der Waals surface area contributed by atoms with Crippen molar-refractivity contribution >= 4 is 28.9 Å². The molecule has 2 aromatic carbocycles. The van der Waals surface area contributed by atoms with Crippen LogP contribution in [0.3, 0.4) is 0 Å². The van der Waals surface area contributed by atoms with Crippen molar-refractivity contribution in [2.24, 2.45) is 0 Å². The van der Waals surface area contributed by atoms with Crippen molar-refractivity contribution in [3.63, 3.8) is 0 Å². The average Bonchev–Trinajstić information content (AvgIpc) is 2.58. The summed E-state index contributed by atoms with van der Waals surface area (Å²) in [5.41, 5.74) is 1.27. The van der Waals surface area contributed by atoms with E-state index < -0.39 is 0 Å². The predicted octanol–water partition coefficient (Wildman–Crippen LogP) is 2.91. The number of aryl methyl sites for hydroxylation is 1. The predicted molar refractivity (Wildman–Crippen MR) is 94.4 cm³/mol. The van der Waals surface area contributed by atoms with Crippen molar-refractivity contribution in [3.8, 4) is 0 Å². The molecule has 0 N–H and O–H groups in total. The van der Waals surface area contributed by atoms with Gasteiger partial charge < -0.3 is 9.47 Å². The number of ether oxygens (including phenoxy) is 2. The summed E-state index contributed by atoms with van der Waals surface area (Å²) in [4.78, 5) is 11.5. The van der Waals surface area contributed by atoms with Gasteiger partial charge in [-0.05, 0) is 65.6 Å². The molecule has 0 fully saturated rings. The lowest BCUT2D eigenvalue weighted by Gasteiger charge is -2.08. The Labute approximate surface area is 137 Å². The van der Waals surface area contributed by atoms with E-state index in [4.69, 9.17) is 9.47 Å². The van der Waals surface area contributed by atoms with Crippen molar-refractivity contribution < 1.29 is 14.3 Å². The topological polar surface area (TPSA) is 35.5 Å². The van der Waals surface area contributed by atoms with Crippen molar-refractivity contribution in [3.05, 3.63) is 46.3 Å². The van der Waals surface area contributed by atoms with Gasteiger partial charge in [-0.15, -0.1) is 0 Å². The minimum absolute atomic E-state index is 0.0269. The van der Waals surface area contributed by atoms with E-state index in [1.807, 2.05) is 0 Å². The second-order valence-electron chi connectivity index (χ2n) is 5.47. The van der Waals surface area contributed by atoms with Gasteiger partial charge in [0.25, 0.3) is 0 Å². The molecule has 0 aliphatic carbocycles. The Morgan fingerprint density at radius 1 is 1.13 bits per heavy atom. The molecular formula is C20H24O3. The monoisotopic (exact) mass is 312 g/mol. The van der Waals surface area contributed by atoms with Crippen LogP contribution in [0.1, 0.15) is 32.3 Å². The van der Waals surface area contributed by atoms with Crippen LogP contribution in [-0.2, 0) is 20.7 Å². The van der Waals surface area contributed by atoms with Crippen LogP contribution < -0.4 is 10.4 Å². The second-order valence-corrected chi connectivity index (χ2v) is 5.47. The fourth-order valence-electron chi connectivity index (χ4n) is 2.76. The summed E-state index contributed by atoms with van der Waals surface area (Å²) in [6.07, 6.45) is 6.31. The highest BCUT2D eigenvalue weighted by molar-refractivity contribution is 5.86. The fourth-order valence-corrected chi connectivity index (χ4v) is 2.76. The Bertz CT molecular complexity index is 790. The quantitative estimate of drug-likeness (QED) is 0.608. The molecule has 0 amide bonds. The third-order valence-electron chi connectivity index (χ3n) is 3.96. The van der Waals surface area contributed by atoms with Crippen LogP contribution in [0.2, 0.25) is 0 Å². The van der Waals surface area contributed by atoms with Gasteiger partial charge in [0.2, 0.25) is 0 Å². The van der Waals surface area contributed by atoms with Crippen molar-refractivity contribution in [1.82, 2.24) is 0 Å². The third-order valence-corrected chi connectivity index (χ3v) is 3.96. The molecule has 0 saturated heterocycles. The molecule has 23 heavy (non-hydrogen) atoms. The highest BCUT2D eigenvalue weighted by Crippen LogP contribution is 2.18. The molecule has 0 aromatic heterocycles. The number of carbonyl (C=O) groups is 1. The van der Waals surface area contributed by atoms with Crippen LogP contribution in [0.5, 0.6) is 0 Å². The first-order valence-corrected chi connectivity index (χ1v) is 7.98. The van der Waals surface area contributed by atoms with Crippen LogP contribution in [0, 0.1) is 0 Å². The van der Waals surface area contributed by atoms with Crippen LogP contribution in [0.4, 0.5) is 0 Å². The van der Waals surface area contributed by atoms with Gasteiger partial charge in [0.1, 0.15) is 0 Å². The second kappa shape index (κ2) is 8.49. The molecule has 0 spiro atoms. The molecular weight excluding hydrogens is 288 g/mol. The summed E-state index contributed by atoms with van der Waals surface area (Å²) < 4.78 is 9.65. The van der Waals surface area contributed by atoms with Crippen molar-refractivity contribution in [2.75, 3.05) is 13.9 Å². The normalized spacial score (nSPS) is 12.8. The Morgan fingerprint density at radius 2 is 1.87 bits per heavy atom. The molecule has 0 heterocycles. The van der Waals surface area contributed by atoms with E-state index in [2.05, 4.69) is 56.3 Å². The zero-order valence-corrected chi connectivity index (χ0v) is 14.1. The minimum Gasteiger partial charge on any atom is -0.438 e. The fraction of sp³-hybridized carbons (Fsp3) is 0.350. The molecule has 0 atom stereocenters. The molecule has 2 aromatic rings. The van der Waals surface area contributed by atoms with Crippen LogP contribution in [0.15, 0.2) is 30.3 Å². The largest absolute Gasteiger partial charge is 0.438 e. The Morgan fingerprint density at radius 3 is 2.57 bits per heavy atom. The van der Waals surface area contributed by atoms with E-state index in [1.165, 1.54) is 33.9 Å². The summed E-state index contributed by atoms with van der Waals surface area (Å²) in [6.45, 7) is 4.14. The summed E-state index contributed by atoms with van der Waals surface area (Å²) in [7, 11) is 1.51. The van der Waals surface area contributed by atoms with Gasteiger partial charge in [0, 0.05) is 13.5 Å². The first kappa shape index (κ1) is 17.2.